The van der Waals surface area contributed by atoms with E-state index in [1.54, 1.807) is 6.07 Å². The molecule has 0 saturated carbocycles. The Bertz CT molecular complexity index is 412. The monoisotopic (exact) mass is 282 g/mol. The van der Waals surface area contributed by atoms with Crippen LogP contribution >= 0.6 is 11.6 Å². The summed E-state index contributed by atoms with van der Waals surface area (Å²) < 4.78 is 0. The van der Waals surface area contributed by atoms with E-state index in [-0.39, 0.29) is 5.54 Å². The Hall–Kier alpha value is -0.710. The third-order valence-corrected chi connectivity index (χ3v) is 4.00. The molecular weight excluding hydrogens is 260 g/mol. The topological polar surface area (TPSA) is 41.0 Å². The molecule has 0 aromatic carbocycles. The number of hydrogen-bond donors (Lipinski definition) is 1. The largest absolute Gasteiger partial charge is 0.307 e. The predicted octanol–water partition coefficient (Wildman–Crippen LogP) is 2.34. The predicted molar refractivity (Wildman–Crippen MR) is 78.2 cm³/mol. The van der Waals surface area contributed by atoms with E-state index in [0.717, 1.165) is 25.3 Å². The van der Waals surface area contributed by atoms with Gasteiger partial charge >= 0.3 is 0 Å². The fourth-order valence-corrected chi connectivity index (χ4v) is 2.55. The third-order valence-electron chi connectivity index (χ3n) is 3.79. The Labute approximate surface area is 120 Å². The van der Waals surface area contributed by atoms with Crippen LogP contribution < -0.4 is 5.32 Å². The number of nitrogens with one attached hydrogen (secondary N) is 1. The molecule has 0 bridgehead atoms. The first-order chi connectivity index (χ1) is 8.86. The zero-order valence-electron chi connectivity index (χ0n) is 12.2. The molecule has 1 N–H and O–H groups in total. The van der Waals surface area contributed by atoms with Gasteiger partial charge in [0.15, 0.2) is 5.15 Å². The minimum absolute atomic E-state index is 0.241. The van der Waals surface area contributed by atoms with Gasteiger partial charge in [0, 0.05) is 31.2 Å². The normalized spacial score (nSPS) is 24.9. The van der Waals surface area contributed by atoms with E-state index >= 15 is 0 Å². The van der Waals surface area contributed by atoms with Crippen molar-refractivity contribution in [3.8, 4) is 0 Å². The van der Waals surface area contributed by atoms with E-state index in [1.165, 1.54) is 0 Å². The van der Waals surface area contributed by atoms with Gasteiger partial charge in [-0.2, -0.15) is 5.10 Å². The van der Waals surface area contributed by atoms with E-state index < -0.39 is 0 Å². The molecule has 1 aromatic heterocycles. The highest BCUT2D eigenvalue weighted by molar-refractivity contribution is 6.29. The summed E-state index contributed by atoms with van der Waals surface area (Å²) in [4.78, 5) is 2.53. The molecule has 2 heterocycles. The minimum Gasteiger partial charge on any atom is -0.307 e. The lowest BCUT2D eigenvalue weighted by Gasteiger charge is -2.31. The molecule has 19 heavy (non-hydrogen) atoms. The fraction of sp³-hybridized carbons (Fsp3) is 0.714. The lowest BCUT2D eigenvalue weighted by molar-refractivity contribution is 0.167. The Morgan fingerprint density at radius 2 is 2.05 bits per heavy atom. The van der Waals surface area contributed by atoms with Crippen LogP contribution in [0, 0.1) is 5.92 Å². The first kappa shape index (κ1) is 14.7. The second kappa shape index (κ2) is 5.73. The number of nitrogens with zero attached hydrogens (tertiary/aromatic N) is 3. The van der Waals surface area contributed by atoms with Crippen molar-refractivity contribution in [2.45, 2.75) is 45.8 Å². The van der Waals surface area contributed by atoms with Crippen LogP contribution in [0.1, 0.15) is 33.4 Å². The summed E-state index contributed by atoms with van der Waals surface area (Å²) in [5, 5.41) is 12.0. The van der Waals surface area contributed by atoms with Crippen LogP contribution in [-0.4, -0.2) is 39.8 Å². The van der Waals surface area contributed by atoms with Gasteiger partial charge < -0.3 is 5.32 Å². The van der Waals surface area contributed by atoms with Gasteiger partial charge in [-0.15, -0.1) is 5.10 Å². The van der Waals surface area contributed by atoms with Crippen LogP contribution in [0.2, 0.25) is 5.15 Å². The summed E-state index contributed by atoms with van der Waals surface area (Å²) >= 11 is 5.73. The summed E-state index contributed by atoms with van der Waals surface area (Å²) in [6, 6.07) is 4.21. The number of hydrogen-bond acceptors (Lipinski definition) is 4. The highest BCUT2D eigenvalue weighted by Crippen LogP contribution is 2.24. The van der Waals surface area contributed by atoms with Crippen molar-refractivity contribution in [1.29, 1.82) is 0 Å². The SMILES string of the molecule is CC1CN(C(C)(C)C)C[C@@H]1NCc1ccc(Cl)nn1. The van der Waals surface area contributed by atoms with E-state index in [0.29, 0.717) is 17.1 Å². The van der Waals surface area contributed by atoms with Crippen LogP contribution in [-0.2, 0) is 6.54 Å². The standard InChI is InChI=1S/C14H23ClN4/c1-10-8-19(14(2,3)4)9-12(10)16-7-11-5-6-13(15)18-17-11/h5-6,10,12,16H,7-9H2,1-4H3/t10?,12-/m0/s1. The number of halogens is 1. The Morgan fingerprint density at radius 3 is 2.58 bits per heavy atom. The molecule has 0 aliphatic carbocycles. The average molecular weight is 283 g/mol. The van der Waals surface area contributed by atoms with E-state index in [1.807, 2.05) is 6.07 Å². The average Bonchev–Trinajstić information content (AvgIpc) is 2.70. The third kappa shape index (κ3) is 3.88. The van der Waals surface area contributed by atoms with Crippen molar-refractivity contribution >= 4 is 11.6 Å². The molecule has 0 radical (unpaired) electrons. The highest BCUT2D eigenvalue weighted by Gasteiger charge is 2.34. The lowest BCUT2D eigenvalue weighted by atomic mass is 10.1. The number of rotatable bonds is 3. The van der Waals surface area contributed by atoms with Gasteiger partial charge in [-0.1, -0.05) is 18.5 Å². The quantitative estimate of drug-likeness (QED) is 0.924. The molecule has 1 aliphatic heterocycles. The maximum atomic E-state index is 5.73. The number of likely N-dealkylation sites (tertiary alicyclic amines) is 1. The molecule has 1 unspecified atom stereocenters. The van der Waals surface area contributed by atoms with Crippen molar-refractivity contribution in [3.05, 3.63) is 23.0 Å². The molecule has 0 amide bonds. The molecule has 1 aliphatic rings. The zero-order chi connectivity index (χ0) is 14.0. The first-order valence-corrected chi connectivity index (χ1v) is 7.20. The van der Waals surface area contributed by atoms with Gasteiger partial charge in [0.1, 0.15) is 0 Å². The second-order valence-electron chi connectivity index (χ2n) is 6.39. The van der Waals surface area contributed by atoms with Gasteiger partial charge in [-0.05, 0) is 38.8 Å². The first-order valence-electron chi connectivity index (χ1n) is 6.83. The van der Waals surface area contributed by atoms with Crippen LogP contribution in [0.25, 0.3) is 0 Å². The van der Waals surface area contributed by atoms with Crippen LogP contribution in [0.3, 0.4) is 0 Å². The van der Waals surface area contributed by atoms with E-state index in [9.17, 15) is 0 Å². The smallest absolute Gasteiger partial charge is 0.151 e. The summed E-state index contributed by atoms with van der Waals surface area (Å²) in [7, 11) is 0. The van der Waals surface area contributed by atoms with Gasteiger partial charge in [-0.3, -0.25) is 4.90 Å². The highest BCUT2D eigenvalue weighted by atomic mass is 35.5. The second-order valence-corrected chi connectivity index (χ2v) is 6.78. The van der Waals surface area contributed by atoms with Crippen LogP contribution in [0.5, 0.6) is 0 Å². The summed E-state index contributed by atoms with van der Waals surface area (Å²) in [6.07, 6.45) is 0. The molecule has 106 valence electrons. The summed E-state index contributed by atoms with van der Waals surface area (Å²) in [6.45, 7) is 12.1. The molecule has 2 atom stereocenters. The van der Waals surface area contributed by atoms with E-state index in [2.05, 4.69) is 48.1 Å². The maximum absolute atomic E-state index is 5.73. The lowest BCUT2D eigenvalue weighted by Crippen LogP contribution is -2.42. The molecule has 4 nitrogen and oxygen atoms in total. The summed E-state index contributed by atoms with van der Waals surface area (Å²) in [5.74, 6) is 0.652. The Balaban J connectivity index is 1.88. The fourth-order valence-electron chi connectivity index (χ4n) is 2.45. The number of aromatic nitrogens is 2. The van der Waals surface area contributed by atoms with E-state index in [4.69, 9.17) is 11.6 Å². The van der Waals surface area contributed by atoms with Crippen LogP contribution in [0.15, 0.2) is 12.1 Å². The van der Waals surface area contributed by atoms with Crippen molar-refractivity contribution in [3.63, 3.8) is 0 Å². The Morgan fingerprint density at radius 1 is 1.32 bits per heavy atom. The van der Waals surface area contributed by atoms with Crippen molar-refractivity contribution in [2.75, 3.05) is 13.1 Å². The molecule has 0 spiro atoms. The Kier molecular flexibility index (Phi) is 4.43. The minimum atomic E-state index is 0.241. The van der Waals surface area contributed by atoms with Gasteiger partial charge in [-0.25, -0.2) is 0 Å². The molecule has 1 saturated heterocycles. The van der Waals surface area contributed by atoms with Gasteiger partial charge in [0.25, 0.3) is 0 Å². The molecule has 1 fully saturated rings. The summed E-state index contributed by atoms with van der Waals surface area (Å²) in [5.41, 5.74) is 1.18. The van der Waals surface area contributed by atoms with Crippen molar-refractivity contribution < 1.29 is 0 Å². The van der Waals surface area contributed by atoms with Crippen molar-refractivity contribution in [2.24, 2.45) is 5.92 Å². The molecular formula is C14H23ClN4. The zero-order valence-corrected chi connectivity index (χ0v) is 12.9. The maximum Gasteiger partial charge on any atom is 0.151 e. The van der Waals surface area contributed by atoms with Gasteiger partial charge in [0.05, 0.1) is 5.69 Å². The molecule has 1 aromatic rings. The van der Waals surface area contributed by atoms with Crippen LogP contribution in [0.4, 0.5) is 0 Å². The van der Waals surface area contributed by atoms with Crippen molar-refractivity contribution in [1.82, 2.24) is 20.4 Å². The molecule has 5 heteroatoms. The molecule has 2 rings (SSSR count). The van der Waals surface area contributed by atoms with Gasteiger partial charge in [0.2, 0.25) is 0 Å².